The maximum atomic E-state index is 13.9. The number of aromatic hydroxyl groups is 2. The van der Waals surface area contributed by atoms with E-state index in [1.165, 1.54) is 0 Å². The van der Waals surface area contributed by atoms with E-state index in [-0.39, 0.29) is 17.1 Å². The van der Waals surface area contributed by atoms with Crippen molar-refractivity contribution >= 4 is 11.6 Å². The minimum Gasteiger partial charge on any atom is -0.504 e. The molecule has 0 amide bonds. The SMILES string of the molecule is NCC1(c2c(O)c(O)cc(Cl)c2F)CCC1. The Morgan fingerprint density at radius 2 is 2.06 bits per heavy atom. The highest BCUT2D eigenvalue weighted by Gasteiger charge is 2.42. The molecule has 0 atom stereocenters. The van der Waals surface area contributed by atoms with E-state index in [4.69, 9.17) is 17.3 Å². The third-order valence-electron chi connectivity index (χ3n) is 3.40. The van der Waals surface area contributed by atoms with Crippen LogP contribution < -0.4 is 5.73 Å². The number of rotatable bonds is 2. The number of phenolic OH excluding ortho intramolecular Hbond substituents is 2. The van der Waals surface area contributed by atoms with Crippen molar-refractivity contribution in [3.63, 3.8) is 0 Å². The molecule has 1 aliphatic rings. The molecule has 2 rings (SSSR count). The summed E-state index contributed by atoms with van der Waals surface area (Å²) in [6, 6.07) is 0.999. The van der Waals surface area contributed by atoms with E-state index in [1.54, 1.807) is 0 Å². The maximum absolute atomic E-state index is 13.9. The summed E-state index contributed by atoms with van der Waals surface area (Å²) in [5, 5.41) is 19.0. The van der Waals surface area contributed by atoms with Gasteiger partial charge in [0, 0.05) is 23.6 Å². The van der Waals surface area contributed by atoms with Crippen LogP contribution in [0.4, 0.5) is 4.39 Å². The van der Waals surface area contributed by atoms with Gasteiger partial charge in [-0.25, -0.2) is 4.39 Å². The molecule has 1 aromatic rings. The first-order valence-corrected chi connectivity index (χ1v) is 5.50. The molecule has 0 spiro atoms. The molecule has 1 fully saturated rings. The van der Waals surface area contributed by atoms with Gasteiger partial charge in [0.2, 0.25) is 0 Å². The Morgan fingerprint density at radius 3 is 2.50 bits per heavy atom. The molecule has 0 aliphatic heterocycles. The van der Waals surface area contributed by atoms with Crippen LogP contribution in [0.2, 0.25) is 5.02 Å². The van der Waals surface area contributed by atoms with Crippen molar-refractivity contribution < 1.29 is 14.6 Å². The number of nitrogens with two attached hydrogens (primary N) is 1. The van der Waals surface area contributed by atoms with Crippen LogP contribution in [0.5, 0.6) is 11.5 Å². The first kappa shape index (κ1) is 11.5. The van der Waals surface area contributed by atoms with Gasteiger partial charge in [0.25, 0.3) is 0 Å². The fraction of sp³-hybridized carbons (Fsp3) is 0.455. The predicted molar refractivity (Wildman–Crippen MR) is 59.3 cm³/mol. The normalized spacial score (nSPS) is 18.2. The number of hydrogen-bond donors (Lipinski definition) is 3. The Hall–Kier alpha value is -1.00. The second-order valence-corrected chi connectivity index (χ2v) is 4.66. The second kappa shape index (κ2) is 3.79. The predicted octanol–water partition coefficient (Wildman–Crippen LogP) is 2.27. The van der Waals surface area contributed by atoms with Gasteiger partial charge in [-0.3, -0.25) is 0 Å². The maximum Gasteiger partial charge on any atom is 0.164 e. The average Bonchev–Trinajstić information content (AvgIpc) is 2.19. The fourth-order valence-electron chi connectivity index (χ4n) is 2.25. The molecule has 0 aromatic heterocycles. The summed E-state index contributed by atoms with van der Waals surface area (Å²) in [6.45, 7) is 0.233. The summed E-state index contributed by atoms with van der Waals surface area (Å²) >= 11 is 5.65. The number of halogens is 2. The van der Waals surface area contributed by atoms with Gasteiger partial charge in [0.15, 0.2) is 11.5 Å². The van der Waals surface area contributed by atoms with Crippen molar-refractivity contribution in [3.8, 4) is 11.5 Å². The van der Waals surface area contributed by atoms with E-state index in [1.807, 2.05) is 0 Å². The zero-order valence-corrected chi connectivity index (χ0v) is 9.39. The van der Waals surface area contributed by atoms with E-state index in [2.05, 4.69) is 0 Å². The molecule has 1 aromatic carbocycles. The first-order chi connectivity index (χ1) is 7.52. The molecule has 1 saturated carbocycles. The number of phenols is 2. The van der Waals surface area contributed by atoms with Gasteiger partial charge in [-0.2, -0.15) is 0 Å². The van der Waals surface area contributed by atoms with Crippen molar-refractivity contribution in [1.29, 1.82) is 0 Å². The number of benzene rings is 1. The Kier molecular flexibility index (Phi) is 2.72. The van der Waals surface area contributed by atoms with Crippen LogP contribution in [0, 0.1) is 5.82 Å². The summed E-state index contributed by atoms with van der Waals surface area (Å²) in [5.74, 6) is -1.52. The molecular formula is C11H13ClFNO2. The van der Waals surface area contributed by atoms with E-state index >= 15 is 0 Å². The molecule has 0 saturated heterocycles. The molecule has 88 valence electrons. The Labute approximate surface area is 97.6 Å². The molecular weight excluding hydrogens is 233 g/mol. The van der Waals surface area contributed by atoms with Crippen LogP contribution in [-0.2, 0) is 5.41 Å². The lowest BCUT2D eigenvalue weighted by molar-refractivity contribution is 0.233. The van der Waals surface area contributed by atoms with Crippen LogP contribution in [0.1, 0.15) is 24.8 Å². The standard InChI is InChI=1S/C11H13ClFNO2/c12-6-4-7(15)10(16)8(9(6)13)11(5-14)2-1-3-11/h4,15-16H,1-3,5,14H2. The lowest BCUT2D eigenvalue weighted by Gasteiger charge is -2.41. The van der Waals surface area contributed by atoms with Crippen molar-refractivity contribution in [3.05, 3.63) is 22.5 Å². The topological polar surface area (TPSA) is 66.5 Å². The fourth-order valence-corrected chi connectivity index (χ4v) is 2.44. The third kappa shape index (κ3) is 1.44. The minimum atomic E-state index is -0.679. The number of hydrogen-bond acceptors (Lipinski definition) is 3. The molecule has 0 unspecified atom stereocenters. The molecule has 16 heavy (non-hydrogen) atoms. The average molecular weight is 246 g/mol. The summed E-state index contributed by atoms with van der Waals surface area (Å²) in [7, 11) is 0. The van der Waals surface area contributed by atoms with Gasteiger partial charge in [0.05, 0.1) is 5.02 Å². The molecule has 3 nitrogen and oxygen atoms in total. The highest BCUT2D eigenvalue weighted by Crippen LogP contribution is 2.50. The zero-order chi connectivity index (χ0) is 11.9. The Bertz CT molecular complexity index is 401. The largest absolute Gasteiger partial charge is 0.504 e. The van der Waals surface area contributed by atoms with E-state index in [9.17, 15) is 14.6 Å². The highest BCUT2D eigenvalue weighted by atomic mass is 35.5. The lowest BCUT2D eigenvalue weighted by atomic mass is 9.64. The summed E-state index contributed by atoms with van der Waals surface area (Å²) in [6.07, 6.45) is 2.34. The third-order valence-corrected chi connectivity index (χ3v) is 3.68. The van der Waals surface area contributed by atoms with Crippen LogP contribution in [0.25, 0.3) is 0 Å². The minimum absolute atomic E-state index is 0.0613. The van der Waals surface area contributed by atoms with Crippen molar-refractivity contribution in [2.75, 3.05) is 6.54 Å². The van der Waals surface area contributed by atoms with Gasteiger partial charge in [-0.15, -0.1) is 0 Å². The summed E-state index contributed by atoms with van der Waals surface area (Å²) in [4.78, 5) is 0. The van der Waals surface area contributed by atoms with Gasteiger partial charge >= 0.3 is 0 Å². The summed E-state index contributed by atoms with van der Waals surface area (Å²) < 4.78 is 13.9. The molecule has 0 radical (unpaired) electrons. The van der Waals surface area contributed by atoms with E-state index < -0.39 is 22.7 Å². The van der Waals surface area contributed by atoms with Crippen molar-refractivity contribution in [1.82, 2.24) is 0 Å². The van der Waals surface area contributed by atoms with E-state index in [0.717, 1.165) is 12.5 Å². The smallest absolute Gasteiger partial charge is 0.164 e. The van der Waals surface area contributed by atoms with Crippen molar-refractivity contribution in [2.24, 2.45) is 5.73 Å². The van der Waals surface area contributed by atoms with Crippen LogP contribution in [0.15, 0.2) is 6.07 Å². The molecule has 4 N–H and O–H groups in total. The Morgan fingerprint density at radius 1 is 1.44 bits per heavy atom. The lowest BCUT2D eigenvalue weighted by Crippen LogP contribution is -2.42. The van der Waals surface area contributed by atoms with Gasteiger partial charge in [0.1, 0.15) is 5.82 Å². The van der Waals surface area contributed by atoms with Crippen LogP contribution in [0.3, 0.4) is 0 Å². The second-order valence-electron chi connectivity index (χ2n) is 4.25. The van der Waals surface area contributed by atoms with E-state index in [0.29, 0.717) is 12.8 Å². The van der Waals surface area contributed by atoms with Gasteiger partial charge < -0.3 is 15.9 Å². The molecule has 1 aliphatic carbocycles. The molecule has 5 heteroatoms. The highest BCUT2D eigenvalue weighted by molar-refractivity contribution is 6.31. The Balaban J connectivity index is 2.63. The zero-order valence-electron chi connectivity index (χ0n) is 8.63. The monoisotopic (exact) mass is 245 g/mol. The van der Waals surface area contributed by atoms with Crippen molar-refractivity contribution in [2.45, 2.75) is 24.7 Å². The van der Waals surface area contributed by atoms with Crippen LogP contribution >= 0.6 is 11.6 Å². The molecule has 0 heterocycles. The van der Waals surface area contributed by atoms with Gasteiger partial charge in [-0.1, -0.05) is 18.0 Å². The quantitative estimate of drug-likeness (QED) is 0.701. The van der Waals surface area contributed by atoms with Crippen LogP contribution in [-0.4, -0.2) is 16.8 Å². The first-order valence-electron chi connectivity index (χ1n) is 5.12. The molecule has 0 bridgehead atoms. The van der Waals surface area contributed by atoms with Gasteiger partial charge in [-0.05, 0) is 12.8 Å². The summed E-state index contributed by atoms with van der Waals surface area (Å²) in [5.41, 5.74) is 5.12.